The van der Waals surface area contributed by atoms with Crippen LogP contribution in [0.2, 0.25) is 0 Å². The Hall–Kier alpha value is -1.38. The second-order valence-corrected chi connectivity index (χ2v) is 8.02. The van der Waals surface area contributed by atoms with Gasteiger partial charge in [-0.3, -0.25) is 4.79 Å². The van der Waals surface area contributed by atoms with E-state index in [1.807, 2.05) is 19.1 Å². The molecule has 0 aromatic carbocycles. The summed E-state index contributed by atoms with van der Waals surface area (Å²) in [5.41, 5.74) is 0. The molecule has 0 spiro atoms. The van der Waals surface area contributed by atoms with Crippen molar-refractivity contribution in [3.63, 3.8) is 0 Å². The van der Waals surface area contributed by atoms with Gasteiger partial charge in [0.15, 0.2) is 0 Å². The van der Waals surface area contributed by atoms with Gasteiger partial charge in [-0.05, 0) is 31.9 Å². The zero-order chi connectivity index (χ0) is 16.6. The highest BCUT2D eigenvalue weighted by atomic mass is 32.2. The Morgan fingerprint density at radius 2 is 1.96 bits per heavy atom. The number of amides is 1. The van der Waals surface area contributed by atoms with E-state index >= 15 is 0 Å². The van der Waals surface area contributed by atoms with E-state index in [4.69, 9.17) is 4.42 Å². The first-order valence-electron chi connectivity index (χ1n) is 7.96. The lowest BCUT2D eigenvalue weighted by Gasteiger charge is -2.22. The molecule has 1 N–H and O–H groups in total. The Bertz CT molecular complexity index is 679. The summed E-state index contributed by atoms with van der Waals surface area (Å²) in [6.07, 6.45) is 1.79. The van der Waals surface area contributed by atoms with Crippen molar-refractivity contribution >= 4 is 16.1 Å². The van der Waals surface area contributed by atoms with Crippen LogP contribution in [0, 0.1) is 6.92 Å². The van der Waals surface area contributed by atoms with E-state index in [2.05, 4.69) is 4.72 Å². The number of carbonyl (C=O) groups is 1. The molecular formula is C15H23N3O4S. The van der Waals surface area contributed by atoms with Crippen molar-refractivity contribution in [2.24, 2.45) is 0 Å². The van der Waals surface area contributed by atoms with Crippen LogP contribution in [0.5, 0.6) is 0 Å². The van der Waals surface area contributed by atoms with Gasteiger partial charge in [-0.15, -0.1) is 0 Å². The average Bonchev–Trinajstić information content (AvgIpc) is 3.17. The smallest absolute Gasteiger partial charge is 0.279 e. The highest BCUT2D eigenvalue weighted by Crippen LogP contribution is 2.30. The van der Waals surface area contributed by atoms with E-state index in [9.17, 15) is 13.2 Å². The molecule has 8 heteroatoms. The maximum Gasteiger partial charge on any atom is 0.279 e. The second kappa shape index (κ2) is 6.26. The number of nitrogens with zero attached hydrogens (tertiary/aromatic N) is 2. The molecule has 0 aliphatic carbocycles. The summed E-state index contributed by atoms with van der Waals surface area (Å²) in [4.78, 5) is 13.4. The third kappa shape index (κ3) is 3.44. The number of hydrogen-bond acceptors (Lipinski definition) is 4. The van der Waals surface area contributed by atoms with Crippen molar-refractivity contribution in [3.05, 3.63) is 23.7 Å². The van der Waals surface area contributed by atoms with Crippen molar-refractivity contribution in [2.45, 2.75) is 38.6 Å². The molecule has 3 rings (SSSR count). The lowest BCUT2D eigenvalue weighted by Crippen LogP contribution is -2.47. The molecule has 1 aromatic heterocycles. The fourth-order valence-electron chi connectivity index (χ4n) is 3.32. The molecule has 3 heterocycles. The van der Waals surface area contributed by atoms with Gasteiger partial charge >= 0.3 is 0 Å². The molecule has 7 nitrogen and oxygen atoms in total. The van der Waals surface area contributed by atoms with Gasteiger partial charge in [0.05, 0.1) is 12.0 Å². The first-order valence-corrected chi connectivity index (χ1v) is 9.40. The predicted molar refractivity (Wildman–Crippen MR) is 85.1 cm³/mol. The normalized spacial score (nSPS) is 26.1. The van der Waals surface area contributed by atoms with Crippen molar-refractivity contribution in [1.82, 2.24) is 13.9 Å². The topological polar surface area (TPSA) is 82.9 Å². The summed E-state index contributed by atoms with van der Waals surface area (Å²) >= 11 is 0. The fraction of sp³-hybridized carbons (Fsp3) is 0.667. The van der Waals surface area contributed by atoms with Crippen molar-refractivity contribution in [1.29, 1.82) is 0 Å². The number of rotatable bonds is 4. The van der Waals surface area contributed by atoms with Crippen LogP contribution < -0.4 is 4.72 Å². The van der Waals surface area contributed by atoms with Crippen LogP contribution in [0.1, 0.15) is 37.2 Å². The SMILES string of the molecule is CC(=O)N1C[C@H](NS(=O)(=O)N2CCCC2)[C@@H](c2ccc(C)o2)C1. The lowest BCUT2D eigenvalue weighted by atomic mass is 10.0. The van der Waals surface area contributed by atoms with Gasteiger partial charge in [0.25, 0.3) is 10.2 Å². The number of aryl methyl sites for hydroxylation is 1. The lowest BCUT2D eigenvalue weighted by molar-refractivity contribution is -0.127. The zero-order valence-electron chi connectivity index (χ0n) is 13.5. The van der Waals surface area contributed by atoms with E-state index in [1.54, 1.807) is 4.90 Å². The summed E-state index contributed by atoms with van der Waals surface area (Å²) < 4.78 is 35.0. The van der Waals surface area contributed by atoms with Crippen molar-refractivity contribution in [3.8, 4) is 0 Å². The van der Waals surface area contributed by atoms with Gasteiger partial charge in [-0.2, -0.15) is 17.4 Å². The van der Waals surface area contributed by atoms with Crippen LogP contribution in [0.15, 0.2) is 16.5 Å². The van der Waals surface area contributed by atoms with E-state index in [-0.39, 0.29) is 17.9 Å². The zero-order valence-corrected chi connectivity index (χ0v) is 14.3. The predicted octanol–water partition coefficient (Wildman–Crippen LogP) is 0.833. The molecule has 2 aliphatic heterocycles. The standard InChI is InChI=1S/C15H23N3O4S/c1-11-5-6-15(22-11)13-9-17(12(2)19)10-14(13)16-23(20,21)18-7-3-4-8-18/h5-6,13-14,16H,3-4,7-10H2,1-2H3/t13-,14-/m0/s1. The minimum absolute atomic E-state index is 0.0545. The van der Waals surface area contributed by atoms with Crippen LogP contribution in [0.3, 0.4) is 0 Å². The molecule has 2 aliphatic rings. The Balaban J connectivity index is 1.80. The van der Waals surface area contributed by atoms with Gasteiger partial charge in [0.1, 0.15) is 11.5 Å². The summed E-state index contributed by atoms with van der Waals surface area (Å²) in [7, 11) is -3.52. The molecule has 1 aromatic rings. The molecule has 128 valence electrons. The van der Waals surface area contributed by atoms with E-state index in [0.717, 1.165) is 24.4 Å². The van der Waals surface area contributed by atoms with Gasteiger partial charge < -0.3 is 9.32 Å². The van der Waals surface area contributed by atoms with Gasteiger partial charge in [0, 0.05) is 33.1 Å². The highest BCUT2D eigenvalue weighted by Gasteiger charge is 2.40. The second-order valence-electron chi connectivity index (χ2n) is 6.31. The van der Waals surface area contributed by atoms with Gasteiger partial charge in [-0.1, -0.05) is 0 Å². The van der Waals surface area contributed by atoms with Gasteiger partial charge in [-0.25, -0.2) is 0 Å². The maximum absolute atomic E-state index is 12.5. The first kappa shape index (κ1) is 16.5. The highest BCUT2D eigenvalue weighted by molar-refractivity contribution is 7.87. The van der Waals surface area contributed by atoms with Crippen LogP contribution in [0.4, 0.5) is 0 Å². The van der Waals surface area contributed by atoms with E-state index in [1.165, 1.54) is 11.2 Å². The third-order valence-electron chi connectivity index (χ3n) is 4.60. The third-order valence-corrected chi connectivity index (χ3v) is 6.24. The molecule has 0 saturated carbocycles. The van der Waals surface area contributed by atoms with Crippen molar-refractivity contribution < 1.29 is 17.6 Å². The minimum Gasteiger partial charge on any atom is -0.466 e. The molecule has 0 bridgehead atoms. The van der Waals surface area contributed by atoms with Crippen LogP contribution in [-0.4, -0.2) is 55.8 Å². The Morgan fingerprint density at radius 1 is 1.26 bits per heavy atom. The Labute approximate surface area is 136 Å². The number of nitrogens with one attached hydrogen (secondary N) is 1. The van der Waals surface area contributed by atoms with Gasteiger partial charge in [0.2, 0.25) is 5.91 Å². The molecule has 1 amide bonds. The maximum atomic E-state index is 12.5. The van der Waals surface area contributed by atoms with E-state index in [0.29, 0.717) is 26.2 Å². The summed E-state index contributed by atoms with van der Waals surface area (Å²) in [5.74, 6) is 1.29. The minimum atomic E-state index is -3.52. The Kier molecular flexibility index (Phi) is 4.48. The van der Waals surface area contributed by atoms with Crippen LogP contribution >= 0.6 is 0 Å². The quantitative estimate of drug-likeness (QED) is 0.879. The van der Waals surface area contributed by atoms with Crippen molar-refractivity contribution in [2.75, 3.05) is 26.2 Å². The van der Waals surface area contributed by atoms with Crippen LogP contribution in [-0.2, 0) is 15.0 Å². The molecule has 2 saturated heterocycles. The molecular weight excluding hydrogens is 318 g/mol. The first-order chi connectivity index (χ1) is 10.9. The average molecular weight is 341 g/mol. The summed E-state index contributed by atoms with van der Waals surface area (Å²) in [5, 5.41) is 0. The molecule has 2 atom stereocenters. The molecule has 0 radical (unpaired) electrons. The summed E-state index contributed by atoms with van der Waals surface area (Å²) in [6.45, 7) is 5.31. The number of hydrogen-bond donors (Lipinski definition) is 1. The number of carbonyl (C=O) groups excluding carboxylic acids is 1. The number of furan rings is 1. The summed E-state index contributed by atoms with van der Waals surface area (Å²) in [6, 6.07) is 3.36. The monoisotopic (exact) mass is 341 g/mol. The van der Waals surface area contributed by atoms with Crippen LogP contribution in [0.25, 0.3) is 0 Å². The van der Waals surface area contributed by atoms with E-state index < -0.39 is 10.2 Å². The molecule has 23 heavy (non-hydrogen) atoms. The fourth-order valence-corrected chi connectivity index (χ4v) is 4.83. The molecule has 0 unspecified atom stereocenters. The largest absolute Gasteiger partial charge is 0.466 e. The molecule has 2 fully saturated rings. The Morgan fingerprint density at radius 3 is 2.52 bits per heavy atom. The number of likely N-dealkylation sites (tertiary alicyclic amines) is 1.